The van der Waals surface area contributed by atoms with Gasteiger partial charge < -0.3 is 5.32 Å². The number of benzene rings is 1. The second-order valence-electron chi connectivity index (χ2n) is 7.12. The number of carbonyl (C=O) groups is 1. The molecule has 4 rings (SSSR count). The van der Waals surface area contributed by atoms with E-state index in [1.54, 1.807) is 13.8 Å². The quantitative estimate of drug-likeness (QED) is 0.416. The van der Waals surface area contributed by atoms with E-state index in [1.807, 2.05) is 0 Å². The van der Waals surface area contributed by atoms with Crippen molar-refractivity contribution in [3.8, 4) is 11.3 Å². The molecule has 1 aromatic carbocycles. The lowest BCUT2D eigenvalue weighted by atomic mass is 10.1. The Balaban J connectivity index is 1.47. The highest BCUT2D eigenvalue weighted by Crippen LogP contribution is 2.29. The molecular formula is C20H15F5N6OS. The Morgan fingerprint density at radius 3 is 2.64 bits per heavy atom. The molecule has 0 atom stereocenters. The SMILES string of the molecule is Cc1nc2nc(C(F)(F)F)nn2c(C)c1CCC(=O)Nc1nc(-c2cc(F)ccc2F)cs1. The van der Waals surface area contributed by atoms with Gasteiger partial charge in [-0.3, -0.25) is 4.79 Å². The van der Waals surface area contributed by atoms with Gasteiger partial charge in [0, 0.05) is 28.8 Å². The molecule has 7 nitrogen and oxygen atoms in total. The zero-order valence-electron chi connectivity index (χ0n) is 17.2. The summed E-state index contributed by atoms with van der Waals surface area (Å²) in [5.41, 5.74) is 1.56. The van der Waals surface area contributed by atoms with E-state index in [-0.39, 0.29) is 35.0 Å². The molecule has 0 radical (unpaired) electrons. The maximum Gasteiger partial charge on any atom is 0.453 e. The number of hydrogen-bond donors (Lipinski definition) is 1. The Labute approximate surface area is 187 Å². The third-order valence-electron chi connectivity index (χ3n) is 4.86. The van der Waals surface area contributed by atoms with E-state index in [4.69, 9.17) is 0 Å². The molecule has 0 bridgehead atoms. The highest BCUT2D eigenvalue weighted by Gasteiger charge is 2.37. The molecular weight excluding hydrogens is 467 g/mol. The average molecular weight is 482 g/mol. The average Bonchev–Trinajstić information content (AvgIpc) is 3.36. The van der Waals surface area contributed by atoms with E-state index in [0.29, 0.717) is 17.0 Å². The van der Waals surface area contributed by atoms with Gasteiger partial charge in [0.2, 0.25) is 5.91 Å². The van der Waals surface area contributed by atoms with Crippen LogP contribution in [0.2, 0.25) is 0 Å². The van der Waals surface area contributed by atoms with Gasteiger partial charge in [0.1, 0.15) is 11.6 Å². The van der Waals surface area contributed by atoms with Crippen LogP contribution in [0.4, 0.5) is 27.1 Å². The van der Waals surface area contributed by atoms with Crippen LogP contribution in [-0.4, -0.2) is 30.5 Å². The molecule has 0 fully saturated rings. The predicted molar refractivity (Wildman–Crippen MR) is 110 cm³/mol. The third kappa shape index (κ3) is 4.67. The van der Waals surface area contributed by atoms with Gasteiger partial charge in [-0.15, -0.1) is 16.4 Å². The highest BCUT2D eigenvalue weighted by molar-refractivity contribution is 7.14. The van der Waals surface area contributed by atoms with Gasteiger partial charge in [-0.25, -0.2) is 23.3 Å². The van der Waals surface area contributed by atoms with Crippen molar-refractivity contribution in [1.29, 1.82) is 0 Å². The smallest absolute Gasteiger partial charge is 0.302 e. The summed E-state index contributed by atoms with van der Waals surface area (Å²) in [5, 5.41) is 7.75. The minimum atomic E-state index is -4.70. The van der Waals surface area contributed by atoms with Crippen LogP contribution in [0.15, 0.2) is 23.6 Å². The first-order valence-corrected chi connectivity index (χ1v) is 10.4. The van der Waals surface area contributed by atoms with Crippen molar-refractivity contribution in [3.05, 3.63) is 58.0 Å². The number of anilines is 1. The van der Waals surface area contributed by atoms with Gasteiger partial charge in [-0.1, -0.05) is 0 Å². The Hall–Kier alpha value is -3.48. The Bertz CT molecular complexity index is 1360. The number of aryl methyl sites for hydroxylation is 2. The normalized spacial score (nSPS) is 11.8. The summed E-state index contributed by atoms with van der Waals surface area (Å²) in [6, 6.07) is 3.00. The Kier molecular flexibility index (Phi) is 5.82. The van der Waals surface area contributed by atoms with Crippen LogP contribution in [0, 0.1) is 25.5 Å². The summed E-state index contributed by atoms with van der Waals surface area (Å²) in [5.74, 6) is -3.14. The minimum Gasteiger partial charge on any atom is -0.302 e. The number of fused-ring (bicyclic) bond motifs is 1. The number of nitrogens with one attached hydrogen (secondary N) is 1. The number of hydrogen-bond acceptors (Lipinski definition) is 6. The predicted octanol–water partition coefficient (Wildman–Crippen LogP) is 4.73. The lowest BCUT2D eigenvalue weighted by molar-refractivity contribution is -0.144. The summed E-state index contributed by atoms with van der Waals surface area (Å²) in [6.45, 7) is 3.19. The summed E-state index contributed by atoms with van der Waals surface area (Å²) >= 11 is 1.05. The first-order valence-electron chi connectivity index (χ1n) is 9.54. The van der Waals surface area contributed by atoms with E-state index in [0.717, 1.165) is 34.1 Å². The molecule has 0 aliphatic heterocycles. The number of alkyl halides is 3. The minimum absolute atomic E-state index is 0.0149. The van der Waals surface area contributed by atoms with Gasteiger partial charge in [0.05, 0.1) is 5.69 Å². The number of carbonyl (C=O) groups excluding carboxylic acids is 1. The summed E-state index contributed by atoms with van der Waals surface area (Å²) in [4.78, 5) is 24.0. The lowest BCUT2D eigenvalue weighted by Crippen LogP contribution is -2.14. The van der Waals surface area contributed by atoms with Crippen LogP contribution < -0.4 is 5.32 Å². The molecule has 33 heavy (non-hydrogen) atoms. The molecule has 0 saturated carbocycles. The summed E-state index contributed by atoms with van der Waals surface area (Å²) in [7, 11) is 0. The molecule has 1 amide bonds. The highest BCUT2D eigenvalue weighted by atomic mass is 32.1. The van der Waals surface area contributed by atoms with Crippen LogP contribution in [0.3, 0.4) is 0 Å². The van der Waals surface area contributed by atoms with E-state index >= 15 is 0 Å². The fourth-order valence-electron chi connectivity index (χ4n) is 3.26. The van der Waals surface area contributed by atoms with E-state index in [1.165, 1.54) is 5.38 Å². The third-order valence-corrected chi connectivity index (χ3v) is 5.62. The first kappa shape index (κ1) is 22.7. The standard InChI is InChI=1S/C20H15F5N6OS/c1-9-12(10(2)31-18(26-9)29-17(30-31)20(23,24)25)4-6-16(32)28-19-27-15(8-33-19)13-7-11(21)3-5-14(13)22/h3,5,7-8H,4,6H2,1-2H3,(H,27,28,32). The van der Waals surface area contributed by atoms with Crippen LogP contribution in [-0.2, 0) is 17.4 Å². The van der Waals surface area contributed by atoms with Crippen LogP contribution in [0.25, 0.3) is 17.0 Å². The zero-order valence-corrected chi connectivity index (χ0v) is 18.0. The van der Waals surface area contributed by atoms with Crippen molar-refractivity contribution >= 4 is 28.2 Å². The van der Waals surface area contributed by atoms with Gasteiger partial charge in [0.15, 0.2) is 5.13 Å². The molecule has 1 N–H and O–H groups in total. The maximum atomic E-state index is 13.9. The second kappa shape index (κ2) is 8.46. The fraction of sp³-hybridized carbons (Fsp3) is 0.250. The number of halogens is 5. The van der Waals surface area contributed by atoms with Crippen molar-refractivity contribution in [3.63, 3.8) is 0 Å². The molecule has 3 heterocycles. The zero-order chi connectivity index (χ0) is 23.9. The van der Waals surface area contributed by atoms with Gasteiger partial charge in [0.25, 0.3) is 11.6 Å². The molecule has 0 unspecified atom stereocenters. The summed E-state index contributed by atoms with van der Waals surface area (Å²) in [6.07, 6.45) is -4.53. The van der Waals surface area contributed by atoms with E-state index in [2.05, 4.69) is 25.4 Å². The molecule has 0 spiro atoms. The molecule has 3 aromatic heterocycles. The van der Waals surface area contributed by atoms with Crippen molar-refractivity contribution in [2.45, 2.75) is 32.9 Å². The number of nitrogens with zero attached hydrogens (tertiary/aromatic N) is 5. The monoisotopic (exact) mass is 482 g/mol. The Morgan fingerprint density at radius 2 is 1.91 bits per heavy atom. The van der Waals surface area contributed by atoms with Crippen molar-refractivity contribution in [2.75, 3.05) is 5.32 Å². The molecule has 4 aromatic rings. The van der Waals surface area contributed by atoms with Crippen molar-refractivity contribution in [1.82, 2.24) is 24.6 Å². The van der Waals surface area contributed by atoms with Gasteiger partial charge in [-0.05, 0) is 44.0 Å². The van der Waals surface area contributed by atoms with Crippen molar-refractivity contribution in [2.24, 2.45) is 0 Å². The van der Waals surface area contributed by atoms with Gasteiger partial charge >= 0.3 is 6.18 Å². The maximum absolute atomic E-state index is 13.9. The van der Waals surface area contributed by atoms with Crippen LogP contribution >= 0.6 is 11.3 Å². The summed E-state index contributed by atoms with van der Waals surface area (Å²) < 4.78 is 67.1. The fourth-order valence-corrected chi connectivity index (χ4v) is 3.99. The van der Waals surface area contributed by atoms with Crippen LogP contribution in [0.1, 0.15) is 29.2 Å². The topological polar surface area (TPSA) is 85.1 Å². The molecule has 172 valence electrons. The van der Waals surface area contributed by atoms with Crippen molar-refractivity contribution < 1.29 is 26.7 Å². The van der Waals surface area contributed by atoms with E-state index in [9.17, 15) is 26.7 Å². The molecule has 0 saturated heterocycles. The van der Waals surface area contributed by atoms with Gasteiger partial charge in [-0.2, -0.15) is 18.2 Å². The number of thiazole rings is 1. The second-order valence-corrected chi connectivity index (χ2v) is 7.97. The first-order chi connectivity index (χ1) is 15.5. The molecule has 0 aliphatic rings. The molecule has 13 heteroatoms. The van der Waals surface area contributed by atoms with Crippen LogP contribution in [0.5, 0.6) is 0 Å². The number of rotatable bonds is 5. The molecule has 0 aliphatic carbocycles. The number of amides is 1. The lowest BCUT2D eigenvalue weighted by Gasteiger charge is -2.10. The number of aromatic nitrogens is 5. The largest absolute Gasteiger partial charge is 0.453 e. The Morgan fingerprint density at radius 1 is 1.15 bits per heavy atom. The van der Waals surface area contributed by atoms with E-state index < -0.39 is 29.5 Å².